The van der Waals surface area contributed by atoms with E-state index in [0.717, 1.165) is 26.6 Å². The number of nitrogens with one attached hydrogen (secondary N) is 1. The Morgan fingerprint density at radius 3 is 2.04 bits per heavy atom. The van der Waals surface area contributed by atoms with E-state index in [-0.39, 0.29) is 23.8 Å². The molecule has 1 atom stereocenters. The van der Waals surface area contributed by atoms with Gasteiger partial charge in [0.15, 0.2) is 0 Å². The fraction of sp³-hybridized carbons (Fsp3) is 0.316. The molecule has 0 aliphatic heterocycles. The highest BCUT2D eigenvalue weighted by atomic mass is 32.2. The second-order valence-corrected chi connectivity index (χ2v) is 14.5. The first kappa shape index (κ1) is 35.2. The molecule has 248 valence electrons. The van der Waals surface area contributed by atoms with E-state index >= 15 is 0 Å². The summed E-state index contributed by atoms with van der Waals surface area (Å²) in [5.41, 5.74) is 3.42. The monoisotopic (exact) mass is 655 g/mol. The Bertz CT molecular complexity index is 1750. The van der Waals surface area contributed by atoms with Crippen molar-refractivity contribution in [2.24, 2.45) is 0 Å². The number of carbonyl (C=O) groups excluding carboxylic acids is 2. The van der Waals surface area contributed by atoms with E-state index < -0.39 is 34.1 Å². The topological polar surface area (TPSA) is 96.0 Å². The van der Waals surface area contributed by atoms with Gasteiger partial charge in [-0.05, 0) is 94.6 Å². The molecule has 8 nitrogen and oxygen atoms in total. The van der Waals surface area contributed by atoms with Gasteiger partial charge < -0.3 is 15.0 Å². The van der Waals surface area contributed by atoms with Crippen molar-refractivity contribution in [2.75, 3.05) is 17.5 Å². The predicted octanol–water partition coefficient (Wildman–Crippen LogP) is 6.45. The van der Waals surface area contributed by atoms with Crippen LogP contribution in [0.3, 0.4) is 0 Å². The zero-order valence-electron chi connectivity index (χ0n) is 28.1. The molecule has 9 heteroatoms. The summed E-state index contributed by atoms with van der Waals surface area (Å²) in [6.07, 6.45) is 0.247. The first-order chi connectivity index (χ1) is 22.3. The molecular formula is C38H45N3O5S. The molecular weight excluding hydrogens is 611 g/mol. The number of benzene rings is 4. The number of nitrogens with zero attached hydrogens (tertiary/aromatic N) is 2. The van der Waals surface area contributed by atoms with Crippen molar-refractivity contribution in [2.45, 2.75) is 71.0 Å². The van der Waals surface area contributed by atoms with Gasteiger partial charge >= 0.3 is 0 Å². The molecule has 0 radical (unpaired) electrons. The van der Waals surface area contributed by atoms with Gasteiger partial charge in [-0.2, -0.15) is 0 Å². The molecule has 0 spiro atoms. The maximum atomic E-state index is 14.6. The quantitative estimate of drug-likeness (QED) is 0.179. The predicted molar refractivity (Wildman–Crippen MR) is 187 cm³/mol. The molecule has 0 heterocycles. The minimum absolute atomic E-state index is 0.0195. The van der Waals surface area contributed by atoms with Crippen LogP contribution in [0.5, 0.6) is 5.75 Å². The number of carbonyl (C=O) groups is 2. The van der Waals surface area contributed by atoms with Crippen LogP contribution in [-0.4, -0.2) is 49.9 Å². The summed E-state index contributed by atoms with van der Waals surface area (Å²) < 4.78 is 35.2. The number of anilines is 1. The lowest BCUT2D eigenvalue weighted by molar-refractivity contribution is -0.140. The van der Waals surface area contributed by atoms with Gasteiger partial charge in [-0.25, -0.2) is 8.42 Å². The molecule has 0 fully saturated rings. The van der Waals surface area contributed by atoms with Crippen LogP contribution in [0.25, 0.3) is 0 Å². The standard InChI is InChI=1S/C38H45N3O5S/c1-7-46-33-21-23-34(24-22-33)47(44,45)41(32-19-17-28(2)18-20-32)27-36(42)40(26-31-16-12-11-13-29(31)3)35(37(43)39-38(4,5)6)25-30-14-9-8-10-15-30/h8-24,35H,7,25-27H2,1-6H3,(H,39,43)/t35-/m1/s1. The number of aryl methyl sites for hydroxylation is 2. The van der Waals surface area contributed by atoms with Gasteiger partial charge in [0.05, 0.1) is 17.2 Å². The average molecular weight is 656 g/mol. The number of amides is 2. The van der Waals surface area contributed by atoms with Crippen molar-refractivity contribution in [3.05, 3.63) is 125 Å². The third-order valence-electron chi connectivity index (χ3n) is 7.69. The maximum absolute atomic E-state index is 14.6. The van der Waals surface area contributed by atoms with E-state index in [4.69, 9.17) is 4.74 Å². The second kappa shape index (κ2) is 15.3. The Morgan fingerprint density at radius 1 is 0.830 bits per heavy atom. The Balaban J connectivity index is 1.81. The largest absolute Gasteiger partial charge is 0.494 e. The van der Waals surface area contributed by atoms with Crippen molar-refractivity contribution in [1.82, 2.24) is 10.2 Å². The summed E-state index contributed by atoms with van der Waals surface area (Å²) in [6, 6.07) is 29.4. The molecule has 47 heavy (non-hydrogen) atoms. The molecule has 1 N–H and O–H groups in total. The van der Waals surface area contributed by atoms with Gasteiger partial charge in [0.1, 0.15) is 18.3 Å². The van der Waals surface area contributed by atoms with Crippen LogP contribution in [0.2, 0.25) is 0 Å². The lowest BCUT2D eigenvalue weighted by atomic mass is 10.00. The van der Waals surface area contributed by atoms with Crippen LogP contribution in [0.15, 0.2) is 108 Å². The van der Waals surface area contributed by atoms with E-state index in [9.17, 15) is 18.0 Å². The van der Waals surface area contributed by atoms with Gasteiger partial charge in [-0.1, -0.05) is 72.3 Å². The molecule has 0 unspecified atom stereocenters. The summed E-state index contributed by atoms with van der Waals surface area (Å²) in [6.45, 7) is 11.4. The van der Waals surface area contributed by atoms with Crippen molar-refractivity contribution in [3.8, 4) is 5.75 Å². The number of ether oxygens (including phenoxy) is 1. The number of rotatable bonds is 13. The van der Waals surface area contributed by atoms with Gasteiger partial charge in [0.25, 0.3) is 10.0 Å². The Kier molecular flexibility index (Phi) is 11.5. The molecule has 0 aromatic heterocycles. The lowest BCUT2D eigenvalue weighted by Gasteiger charge is -2.35. The highest BCUT2D eigenvalue weighted by molar-refractivity contribution is 7.92. The zero-order valence-corrected chi connectivity index (χ0v) is 28.9. The number of hydrogen-bond acceptors (Lipinski definition) is 5. The van der Waals surface area contributed by atoms with E-state index in [1.54, 1.807) is 36.4 Å². The molecule has 4 aromatic rings. The van der Waals surface area contributed by atoms with Crippen LogP contribution in [-0.2, 0) is 32.6 Å². The van der Waals surface area contributed by atoms with E-state index in [1.165, 1.54) is 17.0 Å². The van der Waals surface area contributed by atoms with E-state index in [2.05, 4.69) is 5.32 Å². The summed E-state index contributed by atoms with van der Waals surface area (Å²) in [7, 11) is -4.21. The molecule has 0 aliphatic carbocycles. The number of hydrogen-bond donors (Lipinski definition) is 1. The molecule has 4 rings (SSSR count). The SMILES string of the molecule is CCOc1ccc(S(=O)(=O)N(CC(=O)N(Cc2ccccc2C)[C@H](Cc2ccccc2)C(=O)NC(C)(C)C)c2ccc(C)cc2)cc1. The maximum Gasteiger partial charge on any atom is 0.264 e. The fourth-order valence-corrected chi connectivity index (χ4v) is 6.63. The highest BCUT2D eigenvalue weighted by Crippen LogP contribution is 2.27. The Morgan fingerprint density at radius 2 is 1.45 bits per heavy atom. The van der Waals surface area contributed by atoms with Gasteiger partial charge in [0, 0.05) is 18.5 Å². The van der Waals surface area contributed by atoms with Crippen LogP contribution < -0.4 is 14.4 Å². The summed E-state index contributed by atoms with van der Waals surface area (Å²) in [4.78, 5) is 30.2. The Labute approximate surface area is 279 Å². The van der Waals surface area contributed by atoms with Crippen molar-refractivity contribution in [3.63, 3.8) is 0 Å². The Hall–Kier alpha value is -4.63. The number of sulfonamides is 1. The van der Waals surface area contributed by atoms with Gasteiger partial charge in [0.2, 0.25) is 11.8 Å². The van der Waals surface area contributed by atoms with Gasteiger partial charge in [-0.3, -0.25) is 13.9 Å². The minimum Gasteiger partial charge on any atom is -0.494 e. The third kappa shape index (κ3) is 9.45. The summed E-state index contributed by atoms with van der Waals surface area (Å²) >= 11 is 0. The van der Waals surface area contributed by atoms with Crippen molar-refractivity contribution < 1.29 is 22.7 Å². The molecule has 0 saturated heterocycles. The molecule has 4 aromatic carbocycles. The summed E-state index contributed by atoms with van der Waals surface area (Å²) in [5, 5.41) is 3.06. The second-order valence-electron chi connectivity index (χ2n) is 12.6. The van der Waals surface area contributed by atoms with Crippen LogP contribution in [0.4, 0.5) is 5.69 Å². The minimum atomic E-state index is -4.21. The molecule has 0 saturated carbocycles. The molecule has 0 aliphatic rings. The smallest absolute Gasteiger partial charge is 0.264 e. The zero-order chi connectivity index (χ0) is 34.2. The van der Waals surface area contributed by atoms with Crippen molar-refractivity contribution in [1.29, 1.82) is 0 Å². The van der Waals surface area contributed by atoms with Gasteiger partial charge in [-0.15, -0.1) is 0 Å². The average Bonchev–Trinajstić information content (AvgIpc) is 3.03. The van der Waals surface area contributed by atoms with Crippen LogP contribution in [0.1, 0.15) is 49.9 Å². The fourth-order valence-electron chi connectivity index (χ4n) is 5.22. The van der Waals surface area contributed by atoms with E-state index in [0.29, 0.717) is 18.0 Å². The normalized spacial score (nSPS) is 12.2. The first-order valence-corrected chi connectivity index (χ1v) is 17.2. The molecule has 0 bridgehead atoms. The van der Waals surface area contributed by atoms with Crippen LogP contribution >= 0.6 is 0 Å². The van der Waals surface area contributed by atoms with E-state index in [1.807, 2.05) is 96.1 Å². The highest BCUT2D eigenvalue weighted by Gasteiger charge is 2.35. The first-order valence-electron chi connectivity index (χ1n) is 15.8. The lowest BCUT2D eigenvalue weighted by Crippen LogP contribution is -2.56. The summed E-state index contributed by atoms with van der Waals surface area (Å²) in [5.74, 6) is -0.282. The van der Waals surface area contributed by atoms with Crippen molar-refractivity contribution >= 4 is 27.5 Å². The molecule has 2 amide bonds. The third-order valence-corrected chi connectivity index (χ3v) is 9.48. The van der Waals surface area contributed by atoms with Crippen LogP contribution in [0, 0.1) is 13.8 Å².